The predicted octanol–water partition coefficient (Wildman–Crippen LogP) is 13.2. The molecule has 2 heterocycles. The summed E-state index contributed by atoms with van der Waals surface area (Å²) in [6, 6.07) is 95.9. The molecule has 0 amide bonds. The molecule has 2 aliphatic rings. The molecule has 10 aromatic carbocycles. The Morgan fingerprint density at radius 2 is 0.723 bits per heavy atom. The van der Waals surface area contributed by atoms with Crippen LogP contribution in [-0.2, 0) is 5.41 Å². The van der Waals surface area contributed by atoms with Crippen LogP contribution in [-0.4, -0.2) is 8.07 Å². The Kier molecular flexibility index (Phi) is 9.70. The summed E-state index contributed by atoms with van der Waals surface area (Å²) in [6.45, 7) is 0. The summed E-state index contributed by atoms with van der Waals surface area (Å²) in [5.41, 5.74) is 9.83. The van der Waals surface area contributed by atoms with Crippen molar-refractivity contribution in [2.45, 2.75) is 15.2 Å². The van der Waals surface area contributed by atoms with Gasteiger partial charge in [0.15, 0.2) is 8.07 Å². The molecule has 12 rings (SSSR count). The zero-order valence-electron chi connectivity index (χ0n) is 35.6. The summed E-state index contributed by atoms with van der Waals surface area (Å²) in [6.07, 6.45) is 0. The van der Waals surface area contributed by atoms with E-state index in [0.717, 1.165) is 39.7 Å². The van der Waals surface area contributed by atoms with E-state index in [1.165, 1.54) is 52.8 Å². The summed E-state index contributed by atoms with van der Waals surface area (Å²) in [5, 5.41) is 5.40. The van der Waals surface area contributed by atoms with Crippen molar-refractivity contribution in [3.63, 3.8) is 0 Å². The van der Waals surface area contributed by atoms with Crippen LogP contribution in [0.15, 0.2) is 271 Å². The number of anilines is 3. The zero-order chi connectivity index (χ0) is 43.2. The van der Waals surface area contributed by atoms with Crippen LogP contribution in [0.2, 0.25) is 0 Å². The molecule has 2 aliphatic heterocycles. The molecule has 0 radical (unpaired) electrons. The molecule has 0 unspecified atom stereocenters. The van der Waals surface area contributed by atoms with Gasteiger partial charge in [-0.05, 0) is 104 Å². The molecular weight excluding hydrogens is 823 g/mol. The third-order valence-electron chi connectivity index (χ3n) is 13.3. The summed E-state index contributed by atoms with van der Waals surface area (Å²) in [5.74, 6) is 1.77. The van der Waals surface area contributed by atoms with E-state index in [4.69, 9.17) is 4.74 Å². The van der Waals surface area contributed by atoms with Crippen molar-refractivity contribution in [2.75, 3.05) is 4.90 Å². The fourth-order valence-corrected chi connectivity index (χ4v) is 16.5. The van der Waals surface area contributed by atoms with Crippen LogP contribution in [0, 0.1) is 0 Å². The number of nitrogens with zero attached hydrogens (tertiary/aromatic N) is 1. The molecule has 0 aliphatic carbocycles. The monoisotopic (exact) mass is 865 g/mol. The van der Waals surface area contributed by atoms with Gasteiger partial charge < -0.3 is 9.64 Å². The Hall–Kier alpha value is -7.63. The van der Waals surface area contributed by atoms with Crippen LogP contribution in [0.3, 0.4) is 0 Å². The van der Waals surface area contributed by atoms with Crippen molar-refractivity contribution in [1.82, 2.24) is 0 Å². The maximum atomic E-state index is 6.72. The van der Waals surface area contributed by atoms with E-state index < -0.39 is 13.5 Å². The van der Waals surface area contributed by atoms with E-state index in [1.54, 1.807) is 0 Å². The van der Waals surface area contributed by atoms with Gasteiger partial charge in [0.1, 0.15) is 11.5 Å². The lowest BCUT2D eigenvalue weighted by Crippen LogP contribution is -2.74. The molecule has 4 heteroatoms. The topological polar surface area (TPSA) is 12.5 Å². The minimum absolute atomic E-state index is 0.614. The molecule has 308 valence electrons. The molecule has 0 atom stereocenters. The van der Waals surface area contributed by atoms with Crippen molar-refractivity contribution < 1.29 is 4.74 Å². The maximum Gasteiger partial charge on any atom is 0.179 e. The number of fused-ring (bicyclic) bond motifs is 8. The molecule has 0 saturated heterocycles. The first kappa shape index (κ1) is 39.0. The van der Waals surface area contributed by atoms with Gasteiger partial charge in [0.2, 0.25) is 0 Å². The van der Waals surface area contributed by atoms with Crippen LogP contribution in [0.4, 0.5) is 17.1 Å². The Morgan fingerprint density at radius 3 is 1.28 bits per heavy atom. The molecule has 10 aromatic rings. The first-order valence-electron chi connectivity index (χ1n) is 22.2. The molecule has 0 fully saturated rings. The first-order chi connectivity index (χ1) is 32.2. The standard InChI is InChI=1S/C61H43NOSSi/c1-5-19-44(20-6-1)45-33-35-46(36-34-45)62(47-37-40-52(41-38-47)65(49-21-7-2-8-22-49,50-23-9-3-10-24-50)51-25-11-4-12-26-51)48-39-42-60-56(43-48)61(55-29-15-18-32-59(55)64-60)53-27-13-16-30-57(53)63-58-31-17-14-28-54(58)61/h1-43H. The zero-order valence-corrected chi connectivity index (χ0v) is 37.4. The van der Waals surface area contributed by atoms with Crippen LogP contribution >= 0.6 is 11.8 Å². The number of hydrogen-bond acceptors (Lipinski definition) is 3. The Balaban J connectivity index is 1.08. The fraction of sp³-hybridized carbons (Fsp3) is 0.0164. The SMILES string of the molecule is c1ccc(-c2ccc(N(c3ccc([Si](c4ccccc4)(c4ccccc4)c4ccccc4)cc3)c3ccc4c(c3)C3(c5ccccc5Oc5ccccc53)c3ccccc3S4)cc2)cc1. The number of benzene rings is 10. The van der Waals surface area contributed by atoms with Crippen molar-refractivity contribution in [3.05, 3.63) is 283 Å². The quantitative estimate of drug-likeness (QED) is 0.112. The molecule has 0 N–H and O–H groups in total. The van der Waals surface area contributed by atoms with Gasteiger partial charge in [0, 0.05) is 38.0 Å². The van der Waals surface area contributed by atoms with Crippen LogP contribution in [0.5, 0.6) is 11.5 Å². The lowest BCUT2D eigenvalue weighted by atomic mass is 9.63. The van der Waals surface area contributed by atoms with Gasteiger partial charge in [-0.25, -0.2) is 0 Å². The van der Waals surface area contributed by atoms with Gasteiger partial charge in [-0.2, -0.15) is 0 Å². The van der Waals surface area contributed by atoms with Crippen molar-refractivity contribution in [1.29, 1.82) is 0 Å². The average Bonchev–Trinajstić information content (AvgIpc) is 3.38. The number of rotatable bonds is 8. The van der Waals surface area contributed by atoms with E-state index in [0.29, 0.717) is 0 Å². The van der Waals surface area contributed by atoms with Gasteiger partial charge in [-0.3, -0.25) is 0 Å². The Bertz CT molecular complexity index is 3100. The largest absolute Gasteiger partial charge is 0.457 e. The third kappa shape index (κ3) is 6.32. The van der Waals surface area contributed by atoms with Crippen LogP contribution in [0.25, 0.3) is 11.1 Å². The summed E-state index contributed by atoms with van der Waals surface area (Å²) in [7, 11) is -2.74. The molecule has 1 spiro atoms. The molecule has 65 heavy (non-hydrogen) atoms. The van der Waals surface area contributed by atoms with Gasteiger partial charge in [0.25, 0.3) is 0 Å². The minimum atomic E-state index is -2.74. The summed E-state index contributed by atoms with van der Waals surface area (Å²) < 4.78 is 6.72. The van der Waals surface area contributed by atoms with Gasteiger partial charge in [-0.1, -0.05) is 212 Å². The molecular formula is C61H43NOSSi. The third-order valence-corrected chi connectivity index (χ3v) is 19.3. The van der Waals surface area contributed by atoms with Crippen LogP contribution < -0.4 is 30.4 Å². The Morgan fingerprint density at radius 1 is 0.323 bits per heavy atom. The normalized spacial score (nSPS) is 13.1. The van der Waals surface area contributed by atoms with E-state index in [9.17, 15) is 0 Å². The lowest BCUT2D eigenvalue weighted by Gasteiger charge is -2.45. The summed E-state index contributed by atoms with van der Waals surface area (Å²) >= 11 is 1.85. The van der Waals surface area contributed by atoms with Crippen molar-refractivity contribution in [2.24, 2.45) is 0 Å². The molecule has 0 bridgehead atoms. The first-order valence-corrected chi connectivity index (χ1v) is 25.1. The highest BCUT2D eigenvalue weighted by molar-refractivity contribution is 7.99. The smallest absolute Gasteiger partial charge is 0.179 e. The van der Waals surface area contributed by atoms with Crippen LogP contribution in [0.1, 0.15) is 22.3 Å². The van der Waals surface area contributed by atoms with Gasteiger partial charge in [-0.15, -0.1) is 0 Å². The molecule has 0 aromatic heterocycles. The molecule has 0 saturated carbocycles. The van der Waals surface area contributed by atoms with Crippen molar-refractivity contribution in [3.8, 4) is 22.6 Å². The number of ether oxygens (including phenoxy) is 1. The second-order valence-electron chi connectivity index (χ2n) is 16.8. The van der Waals surface area contributed by atoms with E-state index >= 15 is 0 Å². The molecule has 2 nitrogen and oxygen atoms in total. The number of hydrogen-bond donors (Lipinski definition) is 0. The second-order valence-corrected chi connectivity index (χ2v) is 21.7. The summed E-state index contributed by atoms with van der Waals surface area (Å²) in [4.78, 5) is 4.93. The highest BCUT2D eigenvalue weighted by Gasteiger charge is 2.50. The number of para-hydroxylation sites is 2. The van der Waals surface area contributed by atoms with E-state index in [-0.39, 0.29) is 0 Å². The van der Waals surface area contributed by atoms with E-state index in [2.05, 4.69) is 266 Å². The fourth-order valence-electron chi connectivity index (χ4n) is 10.5. The highest BCUT2D eigenvalue weighted by Crippen LogP contribution is 2.62. The minimum Gasteiger partial charge on any atom is -0.457 e. The van der Waals surface area contributed by atoms with E-state index in [1.807, 2.05) is 11.8 Å². The predicted molar refractivity (Wildman–Crippen MR) is 273 cm³/mol. The average molecular weight is 866 g/mol. The Labute approximate surface area is 386 Å². The maximum absolute atomic E-state index is 6.72. The van der Waals surface area contributed by atoms with Gasteiger partial charge >= 0.3 is 0 Å². The lowest BCUT2D eigenvalue weighted by molar-refractivity contribution is 0.431. The van der Waals surface area contributed by atoms with Crippen molar-refractivity contribution >= 4 is 57.6 Å². The van der Waals surface area contributed by atoms with Gasteiger partial charge in [0.05, 0.1) is 5.41 Å². The highest BCUT2D eigenvalue weighted by atomic mass is 32.2. The second kappa shape index (κ2) is 16.2.